The molecule has 0 bridgehead atoms. The van der Waals surface area contributed by atoms with Crippen LogP contribution in [0.3, 0.4) is 0 Å². The highest BCUT2D eigenvalue weighted by Gasteiger charge is 2.31. The van der Waals surface area contributed by atoms with Gasteiger partial charge in [0.15, 0.2) is 17.4 Å². The van der Waals surface area contributed by atoms with Gasteiger partial charge in [-0.3, -0.25) is 9.59 Å². The molecule has 0 saturated heterocycles. The molecular formula is C17H9N3O2. The SMILES string of the molecule is O=C1c2ccccc2C(=O)c2c1cccc2-c1ncncn1. The standard InChI is InChI=1S/C17H9N3O2/c21-15-10-4-1-2-5-11(10)16(22)14-12(15)6-3-7-13(14)17-19-8-18-9-20-17/h1-9H. The molecule has 2 aromatic carbocycles. The third-order valence-electron chi connectivity index (χ3n) is 3.69. The molecule has 5 nitrogen and oxygen atoms in total. The van der Waals surface area contributed by atoms with Crippen molar-refractivity contribution in [2.24, 2.45) is 0 Å². The summed E-state index contributed by atoms with van der Waals surface area (Å²) in [7, 11) is 0. The third kappa shape index (κ3) is 1.69. The van der Waals surface area contributed by atoms with Gasteiger partial charge in [-0.15, -0.1) is 0 Å². The summed E-state index contributed by atoms with van der Waals surface area (Å²) in [6.45, 7) is 0. The van der Waals surface area contributed by atoms with Crippen LogP contribution in [0, 0.1) is 0 Å². The first-order chi connectivity index (χ1) is 10.8. The van der Waals surface area contributed by atoms with Gasteiger partial charge in [-0.25, -0.2) is 15.0 Å². The van der Waals surface area contributed by atoms with Crippen molar-refractivity contribution in [2.75, 3.05) is 0 Å². The van der Waals surface area contributed by atoms with Crippen LogP contribution >= 0.6 is 0 Å². The van der Waals surface area contributed by atoms with Crippen LogP contribution in [-0.4, -0.2) is 26.5 Å². The van der Waals surface area contributed by atoms with Crippen molar-refractivity contribution in [2.45, 2.75) is 0 Å². The van der Waals surface area contributed by atoms with Crippen LogP contribution in [0.25, 0.3) is 11.4 Å². The van der Waals surface area contributed by atoms with Gasteiger partial charge in [0, 0.05) is 27.8 Å². The Kier molecular flexibility index (Phi) is 2.66. The zero-order valence-electron chi connectivity index (χ0n) is 11.4. The molecule has 104 valence electrons. The largest absolute Gasteiger partial charge is 0.289 e. The maximum Gasteiger partial charge on any atom is 0.195 e. The summed E-state index contributed by atoms with van der Waals surface area (Å²) in [4.78, 5) is 37.4. The predicted octanol–water partition coefficient (Wildman–Crippen LogP) is 2.31. The molecule has 0 aliphatic heterocycles. The van der Waals surface area contributed by atoms with E-state index in [0.717, 1.165) is 0 Å². The number of carbonyl (C=O) groups excluding carboxylic acids is 2. The van der Waals surface area contributed by atoms with Gasteiger partial charge in [0.1, 0.15) is 12.7 Å². The Balaban J connectivity index is 2.02. The molecule has 0 radical (unpaired) electrons. The lowest BCUT2D eigenvalue weighted by molar-refractivity contribution is 0.0979. The fourth-order valence-electron chi connectivity index (χ4n) is 2.71. The Morgan fingerprint density at radius 1 is 0.636 bits per heavy atom. The zero-order chi connectivity index (χ0) is 15.1. The summed E-state index contributed by atoms with van der Waals surface area (Å²) < 4.78 is 0. The van der Waals surface area contributed by atoms with Crippen LogP contribution in [0.4, 0.5) is 0 Å². The Labute approximate surface area is 125 Å². The number of rotatable bonds is 1. The van der Waals surface area contributed by atoms with Crippen molar-refractivity contribution in [1.29, 1.82) is 0 Å². The molecule has 1 aliphatic rings. The van der Waals surface area contributed by atoms with Crippen molar-refractivity contribution in [3.05, 3.63) is 77.4 Å². The molecule has 4 rings (SSSR count). The van der Waals surface area contributed by atoms with Gasteiger partial charge in [-0.1, -0.05) is 42.5 Å². The Morgan fingerprint density at radius 2 is 1.23 bits per heavy atom. The van der Waals surface area contributed by atoms with Crippen LogP contribution < -0.4 is 0 Å². The molecule has 3 aromatic rings. The first-order valence-electron chi connectivity index (χ1n) is 6.71. The summed E-state index contributed by atoms with van der Waals surface area (Å²) in [5.41, 5.74) is 2.15. The van der Waals surface area contributed by atoms with Crippen LogP contribution in [0.15, 0.2) is 55.1 Å². The molecule has 1 aliphatic carbocycles. The van der Waals surface area contributed by atoms with Gasteiger partial charge in [-0.05, 0) is 0 Å². The number of nitrogens with zero attached hydrogens (tertiary/aromatic N) is 3. The molecule has 22 heavy (non-hydrogen) atoms. The summed E-state index contributed by atoms with van der Waals surface area (Å²) in [6.07, 6.45) is 2.73. The molecule has 0 unspecified atom stereocenters. The summed E-state index contributed by atoms with van der Waals surface area (Å²) in [6, 6.07) is 12.0. The van der Waals surface area contributed by atoms with Gasteiger partial charge in [0.2, 0.25) is 0 Å². The van der Waals surface area contributed by atoms with E-state index in [1.165, 1.54) is 12.7 Å². The molecule has 0 N–H and O–H groups in total. The number of hydrogen-bond donors (Lipinski definition) is 0. The molecule has 0 spiro atoms. The van der Waals surface area contributed by atoms with Crippen molar-refractivity contribution in [3.63, 3.8) is 0 Å². The highest BCUT2D eigenvalue weighted by atomic mass is 16.1. The molecule has 0 atom stereocenters. The Hall–Kier alpha value is -3.21. The van der Waals surface area contributed by atoms with Gasteiger partial charge in [-0.2, -0.15) is 0 Å². The second kappa shape index (κ2) is 4.66. The minimum Gasteiger partial charge on any atom is -0.289 e. The highest BCUT2D eigenvalue weighted by molar-refractivity contribution is 6.30. The first-order valence-corrected chi connectivity index (χ1v) is 6.71. The number of hydrogen-bond acceptors (Lipinski definition) is 5. The lowest BCUT2D eigenvalue weighted by Crippen LogP contribution is -2.21. The summed E-state index contributed by atoms with van der Waals surface area (Å²) >= 11 is 0. The maximum atomic E-state index is 12.8. The molecule has 1 heterocycles. The van der Waals surface area contributed by atoms with Crippen molar-refractivity contribution in [1.82, 2.24) is 15.0 Å². The van der Waals surface area contributed by atoms with E-state index >= 15 is 0 Å². The molecule has 5 heteroatoms. The van der Waals surface area contributed by atoms with E-state index in [1.807, 2.05) is 0 Å². The topological polar surface area (TPSA) is 72.8 Å². The highest BCUT2D eigenvalue weighted by Crippen LogP contribution is 2.32. The van der Waals surface area contributed by atoms with E-state index < -0.39 is 0 Å². The molecule has 0 amide bonds. The quantitative estimate of drug-likeness (QED) is 0.537. The maximum absolute atomic E-state index is 12.8. The van der Waals surface area contributed by atoms with Gasteiger partial charge >= 0.3 is 0 Å². The summed E-state index contributed by atoms with van der Waals surface area (Å²) in [5.74, 6) is 0.0506. The fourth-order valence-corrected chi connectivity index (χ4v) is 2.71. The normalized spacial score (nSPS) is 12.7. The molecule has 0 fully saturated rings. The lowest BCUT2D eigenvalue weighted by Gasteiger charge is -2.19. The second-order valence-corrected chi connectivity index (χ2v) is 4.89. The fraction of sp³-hybridized carbons (Fsp3) is 0. The Bertz CT molecular complexity index is 920. The zero-order valence-corrected chi connectivity index (χ0v) is 11.4. The number of ketones is 2. The molecular weight excluding hydrogens is 278 g/mol. The van der Waals surface area contributed by atoms with Crippen LogP contribution in [0.5, 0.6) is 0 Å². The van der Waals surface area contributed by atoms with E-state index in [1.54, 1.807) is 42.5 Å². The van der Waals surface area contributed by atoms with Gasteiger partial charge in [0.05, 0.1) is 0 Å². The van der Waals surface area contributed by atoms with E-state index in [0.29, 0.717) is 33.6 Å². The lowest BCUT2D eigenvalue weighted by atomic mass is 9.82. The number of fused-ring (bicyclic) bond motifs is 2. The molecule has 1 aromatic heterocycles. The van der Waals surface area contributed by atoms with Crippen LogP contribution in [0.2, 0.25) is 0 Å². The monoisotopic (exact) mass is 287 g/mol. The number of carbonyl (C=O) groups is 2. The van der Waals surface area contributed by atoms with E-state index in [-0.39, 0.29) is 11.6 Å². The van der Waals surface area contributed by atoms with Gasteiger partial charge < -0.3 is 0 Å². The van der Waals surface area contributed by atoms with Gasteiger partial charge in [0.25, 0.3) is 0 Å². The van der Waals surface area contributed by atoms with Crippen LogP contribution in [-0.2, 0) is 0 Å². The smallest absolute Gasteiger partial charge is 0.195 e. The predicted molar refractivity (Wildman–Crippen MR) is 78.6 cm³/mol. The minimum absolute atomic E-state index is 0.152. The first kappa shape index (κ1) is 12.5. The average molecular weight is 287 g/mol. The third-order valence-corrected chi connectivity index (χ3v) is 3.69. The second-order valence-electron chi connectivity index (χ2n) is 4.89. The van der Waals surface area contributed by atoms with E-state index in [2.05, 4.69) is 15.0 Å². The van der Waals surface area contributed by atoms with Crippen molar-refractivity contribution >= 4 is 11.6 Å². The molecule has 0 saturated carbocycles. The van der Waals surface area contributed by atoms with Crippen LogP contribution in [0.1, 0.15) is 31.8 Å². The number of aromatic nitrogens is 3. The van der Waals surface area contributed by atoms with Crippen molar-refractivity contribution in [3.8, 4) is 11.4 Å². The summed E-state index contributed by atoms with van der Waals surface area (Å²) in [5, 5.41) is 0. The average Bonchev–Trinajstić information content (AvgIpc) is 2.60. The van der Waals surface area contributed by atoms with Crippen molar-refractivity contribution < 1.29 is 9.59 Å². The van der Waals surface area contributed by atoms with E-state index in [4.69, 9.17) is 0 Å². The Morgan fingerprint density at radius 3 is 1.95 bits per heavy atom. The van der Waals surface area contributed by atoms with E-state index in [9.17, 15) is 9.59 Å². The minimum atomic E-state index is -0.179. The number of benzene rings is 2.